The van der Waals surface area contributed by atoms with Gasteiger partial charge in [0.2, 0.25) is 11.8 Å². The molecule has 0 aliphatic carbocycles. The first-order valence-electron chi connectivity index (χ1n) is 9.36. The number of piperazine rings is 1. The minimum absolute atomic E-state index is 0.0890. The van der Waals surface area contributed by atoms with E-state index >= 15 is 0 Å². The Labute approximate surface area is 162 Å². The number of furan rings is 1. The highest BCUT2D eigenvalue weighted by Crippen LogP contribution is 2.16. The second-order valence-corrected chi connectivity index (χ2v) is 6.97. The van der Waals surface area contributed by atoms with E-state index in [4.69, 9.17) is 4.42 Å². The van der Waals surface area contributed by atoms with E-state index in [-0.39, 0.29) is 18.2 Å². The molecule has 1 fully saturated rings. The molecule has 28 heavy (non-hydrogen) atoms. The maximum absolute atomic E-state index is 12.5. The summed E-state index contributed by atoms with van der Waals surface area (Å²) in [7, 11) is 0. The number of aromatic nitrogens is 2. The molecule has 3 aromatic rings. The first-order valence-corrected chi connectivity index (χ1v) is 9.36. The van der Waals surface area contributed by atoms with Gasteiger partial charge in [0.1, 0.15) is 17.3 Å². The van der Waals surface area contributed by atoms with Crippen LogP contribution in [-0.2, 0) is 22.7 Å². The molecule has 0 saturated carbocycles. The van der Waals surface area contributed by atoms with Crippen molar-refractivity contribution in [3.8, 4) is 0 Å². The summed E-state index contributed by atoms with van der Waals surface area (Å²) in [6.07, 6.45) is 0.0890. The lowest BCUT2D eigenvalue weighted by molar-refractivity contribution is -0.134. The fraction of sp³-hybridized carbons (Fsp3) is 0.350. The van der Waals surface area contributed by atoms with Gasteiger partial charge in [0.15, 0.2) is 0 Å². The molecule has 0 unspecified atom stereocenters. The standard InChI is InChI=1S/C20H23N5O3/c1-13-6-7-14(28-13)12-25-9-8-21-20(27)17(25)10-19(26)22-11-18-23-15-4-2-3-5-16(15)24-18/h2-7,17H,8-12H2,1H3,(H,21,27)(H,22,26)(H,23,24)/t17-/m1/s1. The molecule has 1 aliphatic heterocycles. The number of rotatable bonds is 6. The Bertz CT molecular complexity index is 960. The number of aromatic amines is 1. The highest BCUT2D eigenvalue weighted by Gasteiger charge is 2.32. The number of hydrogen-bond acceptors (Lipinski definition) is 5. The van der Waals surface area contributed by atoms with Crippen LogP contribution in [0.5, 0.6) is 0 Å². The third-order valence-corrected chi connectivity index (χ3v) is 4.87. The maximum atomic E-state index is 12.5. The minimum Gasteiger partial charge on any atom is -0.465 e. The van der Waals surface area contributed by atoms with Gasteiger partial charge in [-0.25, -0.2) is 4.98 Å². The van der Waals surface area contributed by atoms with E-state index in [1.807, 2.05) is 48.2 Å². The molecule has 8 heteroatoms. The Hall–Kier alpha value is -3.13. The van der Waals surface area contributed by atoms with Crippen molar-refractivity contribution in [1.82, 2.24) is 25.5 Å². The van der Waals surface area contributed by atoms with Crippen LogP contribution in [0.15, 0.2) is 40.8 Å². The summed E-state index contributed by atoms with van der Waals surface area (Å²) < 4.78 is 5.62. The van der Waals surface area contributed by atoms with E-state index < -0.39 is 6.04 Å². The fourth-order valence-corrected chi connectivity index (χ4v) is 3.46. The van der Waals surface area contributed by atoms with Crippen LogP contribution in [0.2, 0.25) is 0 Å². The second-order valence-electron chi connectivity index (χ2n) is 6.97. The zero-order valence-corrected chi connectivity index (χ0v) is 15.7. The van der Waals surface area contributed by atoms with E-state index in [9.17, 15) is 9.59 Å². The number of aryl methyl sites for hydroxylation is 1. The third-order valence-electron chi connectivity index (χ3n) is 4.87. The molecule has 1 saturated heterocycles. The third kappa shape index (κ3) is 4.07. The van der Waals surface area contributed by atoms with Gasteiger partial charge in [0.05, 0.1) is 36.6 Å². The Kier molecular flexibility index (Phi) is 5.12. The van der Waals surface area contributed by atoms with Crippen LogP contribution < -0.4 is 10.6 Å². The zero-order chi connectivity index (χ0) is 19.5. The summed E-state index contributed by atoms with van der Waals surface area (Å²) in [4.78, 5) is 34.4. The number of fused-ring (bicyclic) bond motifs is 1. The first kappa shape index (κ1) is 18.2. The van der Waals surface area contributed by atoms with Crippen molar-refractivity contribution >= 4 is 22.8 Å². The lowest BCUT2D eigenvalue weighted by atomic mass is 10.1. The average Bonchev–Trinajstić information content (AvgIpc) is 3.28. The van der Waals surface area contributed by atoms with Gasteiger partial charge in [-0.05, 0) is 31.2 Å². The summed E-state index contributed by atoms with van der Waals surface area (Å²) in [6.45, 7) is 3.92. The van der Waals surface area contributed by atoms with Gasteiger partial charge in [0.25, 0.3) is 0 Å². The number of nitrogens with zero attached hydrogens (tertiary/aromatic N) is 2. The van der Waals surface area contributed by atoms with Crippen molar-refractivity contribution in [2.75, 3.05) is 13.1 Å². The molecule has 4 rings (SSSR count). The van der Waals surface area contributed by atoms with Gasteiger partial charge < -0.3 is 20.0 Å². The van der Waals surface area contributed by atoms with Crippen LogP contribution in [0, 0.1) is 6.92 Å². The van der Waals surface area contributed by atoms with Crippen LogP contribution in [0.3, 0.4) is 0 Å². The number of para-hydroxylation sites is 2. The molecule has 1 atom stereocenters. The van der Waals surface area contributed by atoms with Crippen molar-refractivity contribution < 1.29 is 14.0 Å². The number of hydrogen-bond donors (Lipinski definition) is 3. The number of carbonyl (C=O) groups is 2. The van der Waals surface area contributed by atoms with Crippen molar-refractivity contribution in [3.63, 3.8) is 0 Å². The van der Waals surface area contributed by atoms with Gasteiger partial charge in [-0.2, -0.15) is 0 Å². The fourth-order valence-electron chi connectivity index (χ4n) is 3.46. The SMILES string of the molecule is Cc1ccc(CN2CCNC(=O)[C@H]2CC(=O)NCc2nc3ccccc3[nH]2)o1. The maximum Gasteiger partial charge on any atom is 0.237 e. The Balaban J connectivity index is 1.37. The number of H-pyrrole nitrogens is 1. The predicted molar refractivity (Wildman–Crippen MR) is 103 cm³/mol. The summed E-state index contributed by atoms with van der Waals surface area (Å²) in [5, 5.41) is 5.69. The molecule has 2 amide bonds. The number of amides is 2. The van der Waals surface area contributed by atoms with E-state index in [2.05, 4.69) is 20.6 Å². The van der Waals surface area contributed by atoms with Crippen LogP contribution in [-0.4, -0.2) is 45.8 Å². The molecule has 0 radical (unpaired) electrons. The molecule has 3 heterocycles. The molecule has 1 aromatic carbocycles. The van der Waals surface area contributed by atoms with E-state index in [0.29, 0.717) is 32.0 Å². The molecular formula is C20H23N5O3. The normalized spacial score (nSPS) is 17.6. The summed E-state index contributed by atoms with van der Waals surface area (Å²) in [5.41, 5.74) is 1.79. The Morgan fingerprint density at radius 1 is 1.32 bits per heavy atom. The van der Waals surface area contributed by atoms with Gasteiger partial charge in [0, 0.05) is 13.1 Å². The van der Waals surface area contributed by atoms with Crippen LogP contribution >= 0.6 is 0 Å². The van der Waals surface area contributed by atoms with Crippen molar-refractivity contribution in [3.05, 3.63) is 53.7 Å². The van der Waals surface area contributed by atoms with E-state index in [1.54, 1.807) is 0 Å². The van der Waals surface area contributed by atoms with Crippen molar-refractivity contribution in [2.24, 2.45) is 0 Å². The lowest BCUT2D eigenvalue weighted by Crippen LogP contribution is -2.56. The van der Waals surface area contributed by atoms with Gasteiger partial charge in [-0.3, -0.25) is 14.5 Å². The van der Waals surface area contributed by atoms with Gasteiger partial charge >= 0.3 is 0 Å². The Morgan fingerprint density at radius 2 is 2.18 bits per heavy atom. The minimum atomic E-state index is -0.519. The molecule has 0 bridgehead atoms. The topological polar surface area (TPSA) is 103 Å². The zero-order valence-electron chi connectivity index (χ0n) is 15.7. The van der Waals surface area contributed by atoms with Crippen molar-refractivity contribution in [1.29, 1.82) is 0 Å². The molecular weight excluding hydrogens is 358 g/mol. The van der Waals surface area contributed by atoms with E-state index in [1.165, 1.54) is 0 Å². The van der Waals surface area contributed by atoms with Gasteiger partial charge in [-0.15, -0.1) is 0 Å². The van der Waals surface area contributed by atoms with E-state index in [0.717, 1.165) is 22.6 Å². The summed E-state index contributed by atoms with van der Waals surface area (Å²) in [6, 6.07) is 11.0. The second kappa shape index (κ2) is 7.85. The highest BCUT2D eigenvalue weighted by atomic mass is 16.3. The summed E-state index contributed by atoms with van der Waals surface area (Å²) >= 11 is 0. The van der Waals surface area contributed by atoms with Gasteiger partial charge in [-0.1, -0.05) is 12.1 Å². The lowest BCUT2D eigenvalue weighted by Gasteiger charge is -2.34. The number of benzene rings is 1. The predicted octanol–water partition coefficient (Wildman–Crippen LogP) is 1.47. The van der Waals surface area contributed by atoms with Crippen molar-refractivity contribution in [2.45, 2.75) is 32.5 Å². The highest BCUT2D eigenvalue weighted by molar-refractivity contribution is 5.88. The smallest absolute Gasteiger partial charge is 0.237 e. The number of carbonyl (C=O) groups excluding carboxylic acids is 2. The van der Waals surface area contributed by atoms with Crippen LogP contribution in [0.25, 0.3) is 11.0 Å². The molecule has 2 aromatic heterocycles. The van der Waals surface area contributed by atoms with Crippen LogP contribution in [0.1, 0.15) is 23.8 Å². The monoisotopic (exact) mass is 381 g/mol. The first-order chi connectivity index (χ1) is 13.6. The molecule has 3 N–H and O–H groups in total. The molecule has 146 valence electrons. The van der Waals surface area contributed by atoms with Crippen LogP contribution in [0.4, 0.5) is 0 Å². The Morgan fingerprint density at radius 3 is 2.96 bits per heavy atom. The molecule has 0 spiro atoms. The summed E-state index contributed by atoms with van der Waals surface area (Å²) in [5.74, 6) is 1.98. The molecule has 1 aliphatic rings. The number of imidazole rings is 1. The quantitative estimate of drug-likeness (QED) is 0.600. The molecule has 8 nitrogen and oxygen atoms in total. The number of nitrogens with one attached hydrogen (secondary N) is 3. The largest absolute Gasteiger partial charge is 0.465 e. The average molecular weight is 381 g/mol.